The molecule has 1 aromatic carbocycles. The summed E-state index contributed by atoms with van der Waals surface area (Å²) in [6.07, 6.45) is 8.11. The van der Waals surface area contributed by atoms with Crippen LogP contribution in [-0.2, 0) is 5.41 Å². The van der Waals surface area contributed by atoms with Crippen LogP contribution < -0.4 is 4.57 Å². The van der Waals surface area contributed by atoms with Gasteiger partial charge in [0.1, 0.15) is 6.20 Å². The van der Waals surface area contributed by atoms with Crippen LogP contribution in [0.4, 0.5) is 0 Å². The maximum atomic E-state index is 4.54. The molecule has 0 bridgehead atoms. The Bertz CT molecular complexity index is 991. The SMILES string of the molecule is CC(C)(C)c1cc[n+](-c2cnc3nc4ccccc4n3c2)cc1. The molecule has 4 aromatic rings. The van der Waals surface area contributed by atoms with Crippen LogP contribution in [0.1, 0.15) is 26.3 Å². The lowest BCUT2D eigenvalue weighted by molar-refractivity contribution is -0.596. The van der Waals surface area contributed by atoms with E-state index in [0.29, 0.717) is 0 Å². The molecule has 4 nitrogen and oxygen atoms in total. The minimum atomic E-state index is 0.155. The summed E-state index contributed by atoms with van der Waals surface area (Å²) in [6.45, 7) is 6.66. The third kappa shape index (κ3) is 2.36. The minimum Gasteiger partial charge on any atom is -0.277 e. The minimum absolute atomic E-state index is 0.155. The van der Waals surface area contributed by atoms with Crippen molar-refractivity contribution in [2.75, 3.05) is 0 Å². The first-order chi connectivity index (χ1) is 11.0. The largest absolute Gasteiger partial charge is 0.277 e. The van der Waals surface area contributed by atoms with Gasteiger partial charge in [-0.2, -0.15) is 4.57 Å². The van der Waals surface area contributed by atoms with E-state index < -0.39 is 0 Å². The molecule has 0 aliphatic carbocycles. The number of pyridine rings is 1. The normalized spacial score (nSPS) is 12.1. The van der Waals surface area contributed by atoms with Crippen LogP contribution in [-0.4, -0.2) is 14.4 Å². The molecule has 0 saturated carbocycles. The Morgan fingerprint density at radius 2 is 1.74 bits per heavy atom. The van der Waals surface area contributed by atoms with E-state index in [1.54, 1.807) is 0 Å². The summed E-state index contributed by atoms with van der Waals surface area (Å²) >= 11 is 0. The van der Waals surface area contributed by atoms with Crippen LogP contribution in [0.25, 0.3) is 22.5 Å². The van der Waals surface area contributed by atoms with Crippen LogP contribution in [0.3, 0.4) is 0 Å². The van der Waals surface area contributed by atoms with Crippen molar-refractivity contribution in [3.63, 3.8) is 0 Å². The molecule has 3 aromatic heterocycles. The van der Waals surface area contributed by atoms with Crippen molar-refractivity contribution in [3.8, 4) is 5.69 Å². The van der Waals surface area contributed by atoms with E-state index in [2.05, 4.69) is 72.1 Å². The van der Waals surface area contributed by atoms with Gasteiger partial charge in [0.2, 0.25) is 11.5 Å². The molecule has 0 spiro atoms. The summed E-state index contributed by atoms with van der Waals surface area (Å²) in [5.74, 6) is 0.724. The number of para-hydroxylation sites is 2. The van der Waals surface area contributed by atoms with Crippen LogP contribution in [0, 0.1) is 0 Å². The molecule has 0 aliphatic rings. The smallest absolute Gasteiger partial charge is 0.245 e. The maximum Gasteiger partial charge on any atom is 0.245 e. The summed E-state index contributed by atoms with van der Waals surface area (Å²) in [5, 5.41) is 0. The summed E-state index contributed by atoms with van der Waals surface area (Å²) < 4.78 is 4.12. The zero-order chi connectivity index (χ0) is 16.0. The second-order valence-corrected chi connectivity index (χ2v) is 6.83. The Kier molecular flexibility index (Phi) is 2.94. The zero-order valence-corrected chi connectivity index (χ0v) is 13.6. The Labute approximate surface area is 135 Å². The summed E-state index contributed by atoms with van der Waals surface area (Å²) in [6, 6.07) is 12.4. The monoisotopic (exact) mass is 303 g/mol. The van der Waals surface area contributed by atoms with Gasteiger partial charge < -0.3 is 0 Å². The number of imidazole rings is 1. The lowest BCUT2D eigenvalue weighted by atomic mass is 9.88. The Balaban J connectivity index is 1.84. The zero-order valence-electron chi connectivity index (χ0n) is 13.6. The third-order valence-electron chi connectivity index (χ3n) is 4.14. The van der Waals surface area contributed by atoms with Crippen molar-refractivity contribution in [2.45, 2.75) is 26.2 Å². The van der Waals surface area contributed by atoms with Gasteiger partial charge in [-0.1, -0.05) is 32.9 Å². The van der Waals surface area contributed by atoms with E-state index in [1.165, 1.54) is 5.56 Å². The summed E-state index contributed by atoms with van der Waals surface area (Å²) in [4.78, 5) is 9.04. The number of hydrogen-bond acceptors (Lipinski definition) is 2. The second kappa shape index (κ2) is 4.88. The molecule has 0 aliphatic heterocycles. The molecule has 114 valence electrons. The van der Waals surface area contributed by atoms with Crippen molar-refractivity contribution in [3.05, 3.63) is 66.7 Å². The van der Waals surface area contributed by atoms with Crippen LogP contribution >= 0.6 is 0 Å². The third-order valence-corrected chi connectivity index (χ3v) is 4.14. The van der Waals surface area contributed by atoms with Crippen molar-refractivity contribution in [1.29, 1.82) is 0 Å². The number of rotatable bonds is 1. The molecule has 0 radical (unpaired) electrons. The van der Waals surface area contributed by atoms with Gasteiger partial charge in [-0.3, -0.25) is 4.40 Å². The number of hydrogen-bond donors (Lipinski definition) is 0. The van der Waals surface area contributed by atoms with Gasteiger partial charge in [0.15, 0.2) is 12.4 Å². The molecule has 0 N–H and O–H groups in total. The van der Waals surface area contributed by atoms with Crippen molar-refractivity contribution < 1.29 is 4.57 Å². The Morgan fingerprint density at radius 1 is 1.00 bits per heavy atom. The van der Waals surface area contributed by atoms with Crippen molar-refractivity contribution in [1.82, 2.24) is 14.4 Å². The quantitative estimate of drug-likeness (QED) is 0.505. The molecular weight excluding hydrogens is 284 g/mol. The van der Waals surface area contributed by atoms with Gasteiger partial charge in [0.05, 0.1) is 17.2 Å². The Hall–Kier alpha value is -2.75. The first kappa shape index (κ1) is 13.9. The highest BCUT2D eigenvalue weighted by molar-refractivity contribution is 5.79. The van der Waals surface area contributed by atoms with E-state index in [1.807, 2.05) is 28.8 Å². The van der Waals surface area contributed by atoms with Gasteiger partial charge in [0, 0.05) is 12.1 Å². The number of nitrogens with zero attached hydrogens (tertiary/aromatic N) is 4. The summed E-state index contributed by atoms with van der Waals surface area (Å²) in [7, 11) is 0. The molecule has 23 heavy (non-hydrogen) atoms. The van der Waals surface area contributed by atoms with Gasteiger partial charge in [0.25, 0.3) is 0 Å². The first-order valence-corrected chi connectivity index (χ1v) is 7.77. The van der Waals surface area contributed by atoms with E-state index in [-0.39, 0.29) is 5.41 Å². The molecule has 3 heterocycles. The molecule has 0 amide bonds. The van der Waals surface area contributed by atoms with E-state index in [0.717, 1.165) is 22.5 Å². The lowest BCUT2D eigenvalue weighted by Gasteiger charge is -2.17. The molecule has 0 saturated heterocycles. The fourth-order valence-corrected chi connectivity index (χ4v) is 2.77. The first-order valence-electron chi connectivity index (χ1n) is 7.77. The predicted octanol–water partition coefficient (Wildman–Crippen LogP) is 3.46. The molecule has 4 heteroatoms. The van der Waals surface area contributed by atoms with Crippen molar-refractivity contribution in [2.24, 2.45) is 0 Å². The van der Waals surface area contributed by atoms with Crippen LogP contribution in [0.5, 0.6) is 0 Å². The highest BCUT2D eigenvalue weighted by atomic mass is 15.1. The van der Waals surface area contributed by atoms with Gasteiger partial charge in [-0.05, 0) is 23.1 Å². The average Bonchev–Trinajstić information content (AvgIpc) is 2.92. The van der Waals surface area contributed by atoms with Gasteiger partial charge >= 0.3 is 0 Å². The molecule has 4 rings (SSSR count). The topological polar surface area (TPSA) is 34.1 Å². The van der Waals surface area contributed by atoms with E-state index in [9.17, 15) is 0 Å². The molecular formula is C19H19N4+. The van der Waals surface area contributed by atoms with Crippen molar-refractivity contribution >= 4 is 16.8 Å². The lowest BCUT2D eigenvalue weighted by Crippen LogP contribution is -2.31. The number of benzene rings is 1. The van der Waals surface area contributed by atoms with Crippen LogP contribution in [0.15, 0.2) is 61.2 Å². The molecule has 0 fully saturated rings. The van der Waals surface area contributed by atoms with E-state index in [4.69, 9.17) is 0 Å². The highest BCUT2D eigenvalue weighted by Crippen LogP contribution is 2.20. The summed E-state index contributed by atoms with van der Waals surface area (Å²) in [5.41, 5.74) is 4.52. The standard InChI is InChI=1S/C19H19N4/c1-19(2,3)14-8-10-22(11-9-14)15-12-20-18-21-16-6-4-5-7-17(16)23(18)13-15/h4-13H,1-3H3/q+1. The maximum absolute atomic E-state index is 4.54. The van der Waals surface area contributed by atoms with Crippen LogP contribution in [0.2, 0.25) is 0 Å². The van der Waals surface area contributed by atoms with Gasteiger partial charge in [-0.25, -0.2) is 9.97 Å². The fourth-order valence-electron chi connectivity index (χ4n) is 2.77. The van der Waals surface area contributed by atoms with Gasteiger partial charge in [-0.15, -0.1) is 0 Å². The number of fused-ring (bicyclic) bond motifs is 3. The average molecular weight is 303 g/mol. The fraction of sp³-hybridized carbons (Fsp3) is 0.211. The molecule has 0 atom stereocenters. The Morgan fingerprint density at radius 3 is 2.48 bits per heavy atom. The second-order valence-electron chi connectivity index (χ2n) is 6.83. The van der Waals surface area contributed by atoms with E-state index >= 15 is 0 Å². The predicted molar refractivity (Wildman–Crippen MR) is 90.7 cm³/mol. The number of aromatic nitrogens is 4. The molecule has 0 unspecified atom stereocenters. The highest BCUT2D eigenvalue weighted by Gasteiger charge is 2.16.